The minimum atomic E-state index is -1.99. The Morgan fingerprint density at radius 3 is 1.10 bits per heavy atom. The molecule has 97 heavy (non-hydrogen) atoms. The smallest absolute Gasteiger partial charge is 0.220 e. The van der Waals surface area contributed by atoms with Crippen LogP contribution in [0, 0.1) is 0 Å². The topological polar surface area (TPSA) is 307 Å². The van der Waals surface area contributed by atoms with Crippen molar-refractivity contribution in [1.29, 1.82) is 0 Å². The summed E-state index contributed by atoms with van der Waals surface area (Å²) in [5, 5.41) is 121. The van der Waals surface area contributed by atoms with Crippen molar-refractivity contribution >= 4 is 5.91 Å². The molecular weight excluding hydrogens is 1240 g/mol. The lowest BCUT2D eigenvalue weighted by Crippen LogP contribution is -2.66. The Morgan fingerprint density at radius 1 is 0.371 bits per heavy atom. The molecule has 19 heteroatoms. The standard InChI is InChI=1S/C78H139NO18/c1-3-5-7-9-11-13-15-17-19-21-23-25-26-27-28-29-30-31-32-33-34-36-37-39-41-43-45-47-49-51-53-55-62(83)61(79-66(84)56-54-52-50-48-46-44-42-40-38-35-24-22-20-18-16-14-12-10-8-6-4-2)60-92-76-72(90)69(87)74(64(58-81)94-76)97-78-73(91)70(88)75(65(59-82)95-78)96-77-71(89)68(86)67(85)63(57-80)93-77/h16,18,22,24,37-40,45,47,53,55,61-65,67-78,80-83,85-91H,3-15,17,19-21,23,25-36,41-44,46,48-52,54,56-60H2,1-2H3,(H,79,84)/b18-16-,24-22-,39-37+,40-38-,47-45+,55-53+. The van der Waals surface area contributed by atoms with Crippen molar-refractivity contribution in [1.82, 2.24) is 5.32 Å². The quantitative estimate of drug-likeness (QED) is 0.0199. The second kappa shape index (κ2) is 58.7. The first-order valence-corrected chi connectivity index (χ1v) is 38.7. The van der Waals surface area contributed by atoms with Crippen LogP contribution in [0.4, 0.5) is 0 Å². The lowest BCUT2D eigenvalue weighted by Gasteiger charge is -2.48. The molecule has 0 aromatic rings. The second-order valence-corrected chi connectivity index (χ2v) is 27.4. The number of amides is 1. The number of carbonyl (C=O) groups is 1. The van der Waals surface area contributed by atoms with E-state index in [1.54, 1.807) is 6.08 Å². The van der Waals surface area contributed by atoms with Crippen molar-refractivity contribution in [2.45, 2.75) is 388 Å². The van der Waals surface area contributed by atoms with Crippen LogP contribution in [0.2, 0.25) is 0 Å². The van der Waals surface area contributed by atoms with Crippen molar-refractivity contribution in [3.05, 3.63) is 72.9 Å². The first-order chi connectivity index (χ1) is 47.3. The van der Waals surface area contributed by atoms with Crippen LogP contribution in [-0.4, -0.2) is 193 Å². The van der Waals surface area contributed by atoms with Gasteiger partial charge in [0, 0.05) is 6.42 Å². The number of carbonyl (C=O) groups excluding carboxylic acids is 1. The maximum absolute atomic E-state index is 13.4. The number of allylic oxidation sites excluding steroid dienone is 11. The largest absolute Gasteiger partial charge is 0.394 e. The lowest BCUT2D eigenvalue weighted by molar-refractivity contribution is -0.379. The first-order valence-electron chi connectivity index (χ1n) is 38.7. The summed E-state index contributed by atoms with van der Waals surface area (Å²) in [6.07, 6.45) is 48.9. The fraction of sp³-hybridized carbons (Fsp3) is 0.833. The van der Waals surface area contributed by atoms with Gasteiger partial charge in [0.1, 0.15) is 73.2 Å². The molecule has 3 heterocycles. The highest BCUT2D eigenvalue weighted by Gasteiger charge is 2.53. The van der Waals surface area contributed by atoms with Gasteiger partial charge >= 0.3 is 0 Å². The fourth-order valence-corrected chi connectivity index (χ4v) is 12.7. The van der Waals surface area contributed by atoms with E-state index in [9.17, 15) is 61.0 Å². The molecule has 1 amide bonds. The van der Waals surface area contributed by atoms with Gasteiger partial charge in [0.25, 0.3) is 0 Å². The molecule has 0 bridgehead atoms. The zero-order valence-electron chi connectivity index (χ0n) is 60.0. The Kier molecular flexibility index (Phi) is 53.5. The Bertz CT molecular complexity index is 2040. The van der Waals surface area contributed by atoms with Crippen molar-refractivity contribution in [3.63, 3.8) is 0 Å². The molecule has 12 N–H and O–H groups in total. The van der Waals surface area contributed by atoms with Crippen molar-refractivity contribution in [3.8, 4) is 0 Å². The Balaban J connectivity index is 1.42. The number of ether oxygens (including phenoxy) is 6. The van der Waals surface area contributed by atoms with Gasteiger partial charge in [0.15, 0.2) is 18.9 Å². The highest BCUT2D eigenvalue weighted by Crippen LogP contribution is 2.33. The average molecular weight is 1380 g/mol. The average Bonchev–Trinajstić information content (AvgIpc) is 0.789. The van der Waals surface area contributed by atoms with Gasteiger partial charge in [0.05, 0.1) is 38.6 Å². The molecule has 3 rings (SSSR count). The summed E-state index contributed by atoms with van der Waals surface area (Å²) >= 11 is 0. The predicted octanol–water partition coefficient (Wildman–Crippen LogP) is 12.1. The summed E-state index contributed by atoms with van der Waals surface area (Å²) < 4.78 is 34.4. The SMILES string of the molecule is CCCCCCC/C=C\C/C=C\C/C=C\CCCCCCCCC(=O)NC(COC1OC(CO)C(OC2OC(CO)C(OC3OC(CO)C(O)C(O)C3O)C(O)C2O)C(O)C1O)C(O)/C=C/CC/C=C/CC/C=C/CCCCCCCCCCCCCCCCCCCCCCC. The van der Waals surface area contributed by atoms with Crippen LogP contribution in [0.5, 0.6) is 0 Å². The van der Waals surface area contributed by atoms with E-state index in [0.717, 1.165) is 77.0 Å². The molecule has 19 nitrogen and oxygen atoms in total. The molecular formula is C78H139NO18. The van der Waals surface area contributed by atoms with E-state index < -0.39 is 124 Å². The van der Waals surface area contributed by atoms with Crippen LogP contribution in [0.15, 0.2) is 72.9 Å². The molecule has 0 aliphatic carbocycles. The number of hydrogen-bond acceptors (Lipinski definition) is 18. The van der Waals surface area contributed by atoms with Crippen LogP contribution in [0.3, 0.4) is 0 Å². The minimum Gasteiger partial charge on any atom is -0.394 e. The third-order valence-electron chi connectivity index (χ3n) is 19.0. The van der Waals surface area contributed by atoms with Crippen LogP contribution in [0.25, 0.3) is 0 Å². The van der Waals surface area contributed by atoms with E-state index in [4.69, 9.17) is 28.4 Å². The number of unbranched alkanes of at least 4 members (excludes halogenated alkanes) is 34. The van der Waals surface area contributed by atoms with E-state index in [1.165, 1.54) is 173 Å². The lowest BCUT2D eigenvalue weighted by atomic mass is 9.96. The molecule has 3 aliphatic rings. The molecule has 3 fully saturated rings. The number of rotatable bonds is 60. The monoisotopic (exact) mass is 1380 g/mol. The molecule has 17 unspecified atom stereocenters. The summed E-state index contributed by atoms with van der Waals surface area (Å²) in [7, 11) is 0. The Morgan fingerprint density at radius 2 is 0.691 bits per heavy atom. The van der Waals surface area contributed by atoms with Gasteiger partial charge in [-0.3, -0.25) is 4.79 Å². The number of aliphatic hydroxyl groups is 11. The van der Waals surface area contributed by atoms with E-state index in [2.05, 4.69) is 79.9 Å². The van der Waals surface area contributed by atoms with Crippen LogP contribution in [-0.2, 0) is 33.2 Å². The first kappa shape index (κ1) is 88.4. The fourth-order valence-electron chi connectivity index (χ4n) is 12.7. The molecule has 0 aromatic heterocycles. The Labute approximate surface area is 585 Å². The van der Waals surface area contributed by atoms with Crippen LogP contribution >= 0.6 is 0 Å². The van der Waals surface area contributed by atoms with Crippen LogP contribution in [0.1, 0.15) is 284 Å². The summed E-state index contributed by atoms with van der Waals surface area (Å²) in [6, 6.07) is -1.01. The third kappa shape index (κ3) is 39.5. The highest BCUT2D eigenvalue weighted by molar-refractivity contribution is 5.76. The van der Waals surface area contributed by atoms with E-state index in [-0.39, 0.29) is 18.9 Å². The van der Waals surface area contributed by atoms with Gasteiger partial charge in [-0.05, 0) is 83.5 Å². The van der Waals surface area contributed by atoms with Gasteiger partial charge in [0.2, 0.25) is 5.91 Å². The van der Waals surface area contributed by atoms with Crippen LogP contribution < -0.4 is 5.32 Å². The van der Waals surface area contributed by atoms with Crippen molar-refractivity contribution < 1.29 is 89.4 Å². The van der Waals surface area contributed by atoms with E-state index in [0.29, 0.717) is 12.8 Å². The minimum absolute atomic E-state index is 0.214. The second-order valence-electron chi connectivity index (χ2n) is 27.4. The molecule has 3 aliphatic heterocycles. The zero-order valence-corrected chi connectivity index (χ0v) is 60.0. The number of nitrogens with one attached hydrogen (secondary N) is 1. The highest BCUT2D eigenvalue weighted by atomic mass is 16.8. The summed E-state index contributed by atoms with van der Waals surface area (Å²) in [6.45, 7) is 1.71. The molecule has 0 radical (unpaired) electrons. The van der Waals surface area contributed by atoms with Gasteiger partial charge < -0.3 is 89.9 Å². The molecule has 0 saturated carbocycles. The Hall–Kier alpha value is -2.77. The van der Waals surface area contributed by atoms with E-state index >= 15 is 0 Å². The van der Waals surface area contributed by atoms with Gasteiger partial charge in [-0.25, -0.2) is 0 Å². The molecule has 0 aromatic carbocycles. The van der Waals surface area contributed by atoms with E-state index in [1.807, 2.05) is 6.08 Å². The maximum atomic E-state index is 13.4. The molecule has 3 saturated heterocycles. The maximum Gasteiger partial charge on any atom is 0.220 e. The van der Waals surface area contributed by atoms with Crippen molar-refractivity contribution in [2.24, 2.45) is 0 Å². The molecule has 0 spiro atoms. The summed E-state index contributed by atoms with van der Waals surface area (Å²) in [4.78, 5) is 13.4. The third-order valence-corrected chi connectivity index (χ3v) is 19.0. The number of hydrogen-bond donors (Lipinski definition) is 12. The normalized spacial score (nSPS) is 27.3. The van der Waals surface area contributed by atoms with Gasteiger partial charge in [-0.2, -0.15) is 0 Å². The van der Waals surface area contributed by atoms with Crippen molar-refractivity contribution in [2.75, 3.05) is 26.4 Å². The summed E-state index contributed by atoms with van der Waals surface area (Å²) in [5.74, 6) is -0.302. The van der Waals surface area contributed by atoms with Gasteiger partial charge in [-0.15, -0.1) is 0 Å². The predicted molar refractivity (Wildman–Crippen MR) is 383 cm³/mol. The molecule has 17 atom stereocenters. The zero-order chi connectivity index (χ0) is 70.4. The number of aliphatic hydroxyl groups excluding tert-OH is 11. The summed E-state index contributed by atoms with van der Waals surface area (Å²) in [5.41, 5.74) is 0. The van der Waals surface area contributed by atoms with Gasteiger partial charge in [-0.1, -0.05) is 267 Å². The molecule has 564 valence electrons.